The molecule has 0 saturated carbocycles. The molecule has 0 N–H and O–H groups in total. The van der Waals surface area contributed by atoms with E-state index in [1.54, 1.807) is 0 Å². The van der Waals surface area contributed by atoms with Gasteiger partial charge in [-0.15, -0.1) is 0 Å². The van der Waals surface area contributed by atoms with Crippen LogP contribution in [0, 0.1) is 0 Å². The maximum absolute atomic E-state index is 2.30. The third-order valence-electron chi connectivity index (χ3n) is 3.66. The van der Waals surface area contributed by atoms with Crippen LogP contribution in [0.5, 0.6) is 0 Å². The largest absolute Gasteiger partial charge is 0.377 e. The molecule has 2 heteroatoms. The third-order valence-corrected chi connectivity index (χ3v) is 3.66. The van der Waals surface area contributed by atoms with Gasteiger partial charge < -0.3 is 4.90 Å². The lowest BCUT2D eigenvalue weighted by atomic mass is 10.1. The Morgan fingerprint density at radius 2 is 1.37 bits per heavy atom. The normalized spacial score (nSPS) is 10.7. The van der Waals surface area contributed by atoms with Gasteiger partial charge in [0, 0.05) is 38.3 Å². The summed E-state index contributed by atoms with van der Waals surface area (Å²) in [5.41, 5.74) is 1.27. The van der Waals surface area contributed by atoms with E-state index < -0.39 is 0 Å². The Bertz CT molecular complexity index is 317. The Balaban J connectivity index is 2.06. The van der Waals surface area contributed by atoms with Crippen LogP contribution in [-0.2, 0) is 6.54 Å². The molecule has 0 aliphatic carbocycles. The molecule has 0 saturated heterocycles. The summed E-state index contributed by atoms with van der Waals surface area (Å²) in [4.78, 5) is 2.14. The number of anilines is 1. The molecule has 2 nitrogen and oxygen atoms in total. The third kappa shape index (κ3) is 7.19. The van der Waals surface area contributed by atoms with E-state index in [2.05, 4.69) is 55.0 Å². The number of nitrogens with zero attached hydrogens (tertiary/aromatic N) is 2. The van der Waals surface area contributed by atoms with Crippen LogP contribution < -0.4 is 9.47 Å². The highest BCUT2D eigenvalue weighted by Crippen LogP contribution is 2.09. The number of rotatable bonds is 10. The molecule has 19 heavy (non-hydrogen) atoms. The second kappa shape index (κ2) is 9.82. The number of unbranched alkanes of at least 4 members (excludes halogenated alkanes) is 7. The lowest BCUT2D eigenvalue weighted by Gasteiger charge is -2.10. The van der Waals surface area contributed by atoms with E-state index in [9.17, 15) is 0 Å². The maximum atomic E-state index is 2.30. The minimum Gasteiger partial charge on any atom is -0.377 e. The summed E-state index contributed by atoms with van der Waals surface area (Å²) in [5, 5.41) is 0. The zero-order valence-electron chi connectivity index (χ0n) is 13.1. The topological polar surface area (TPSA) is 7.12 Å². The number of pyridine rings is 1. The van der Waals surface area contributed by atoms with Crippen molar-refractivity contribution in [1.29, 1.82) is 0 Å². The van der Waals surface area contributed by atoms with Crippen LogP contribution in [0.1, 0.15) is 58.3 Å². The predicted molar refractivity (Wildman–Crippen MR) is 83.6 cm³/mol. The van der Waals surface area contributed by atoms with Gasteiger partial charge >= 0.3 is 0 Å². The van der Waals surface area contributed by atoms with Gasteiger partial charge in [0.2, 0.25) is 0 Å². The van der Waals surface area contributed by atoms with Crippen LogP contribution in [0.2, 0.25) is 0 Å². The fourth-order valence-corrected chi connectivity index (χ4v) is 2.32. The van der Waals surface area contributed by atoms with Gasteiger partial charge in [-0.25, -0.2) is 4.57 Å². The molecule has 0 aromatic carbocycles. The van der Waals surface area contributed by atoms with Crippen molar-refractivity contribution >= 4 is 5.69 Å². The second-order valence-corrected chi connectivity index (χ2v) is 5.66. The molecule has 108 valence electrons. The molecular formula is C17H31N2+. The van der Waals surface area contributed by atoms with Crippen LogP contribution in [0.15, 0.2) is 24.5 Å². The van der Waals surface area contributed by atoms with Gasteiger partial charge in [-0.05, 0) is 6.42 Å². The van der Waals surface area contributed by atoms with Gasteiger partial charge in [0.1, 0.15) is 6.54 Å². The quantitative estimate of drug-likeness (QED) is 0.454. The summed E-state index contributed by atoms with van der Waals surface area (Å²) in [6.07, 6.45) is 15.5. The summed E-state index contributed by atoms with van der Waals surface area (Å²) in [6.45, 7) is 3.43. The Kier molecular flexibility index (Phi) is 8.28. The summed E-state index contributed by atoms with van der Waals surface area (Å²) in [7, 11) is 4.16. The molecule has 0 unspecified atom stereocenters. The van der Waals surface area contributed by atoms with Crippen molar-refractivity contribution in [3.63, 3.8) is 0 Å². The molecular weight excluding hydrogens is 232 g/mol. The monoisotopic (exact) mass is 263 g/mol. The number of aromatic nitrogens is 1. The molecule has 1 rings (SSSR count). The Hall–Kier alpha value is -1.05. The van der Waals surface area contributed by atoms with Crippen LogP contribution in [0.25, 0.3) is 0 Å². The van der Waals surface area contributed by atoms with Crippen molar-refractivity contribution < 1.29 is 4.57 Å². The number of aryl methyl sites for hydroxylation is 1. The lowest BCUT2D eigenvalue weighted by molar-refractivity contribution is -0.697. The summed E-state index contributed by atoms with van der Waals surface area (Å²) >= 11 is 0. The van der Waals surface area contributed by atoms with Gasteiger partial charge in [-0.1, -0.05) is 45.4 Å². The zero-order chi connectivity index (χ0) is 13.9. The molecule has 1 heterocycles. The second-order valence-electron chi connectivity index (χ2n) is 5.66. The van der Waals surface area contributed by atoms with Crippen molar-refractivity contribution in [3.8, 4) is 0 Å². The molecule has 0 amide bonds. The lowest BCUT2D eigenvalue weighted by Crippen LogP contribution is -2.32. The highest BCUT2D eigenvalue weighted by atomic mass is 15.1. The first-order chi connectivity index (χ1) is 9.24. The fraction of sp³-hybridized carbons (Fsp3) is 0.706. The summed E-state index contributed by atoms with van der Waals surface area (Å²) in [6, 6.07) is 4.37. The van der Waals surface area contributed by atoms with Crippen LogP contribution in [0.3, 0.4) is 0 Å². The minimum absolute atomic E-state index is 1.16. The van der Waals surface area contributed by atoms with Gasteiger partial charge in [0.15, 0.2) is 12.4 Å². The van der Waals surface area contributed by atoms with Gasteiger partial charge in [-0.3, -0.25) is 0 Å². The first-order valence-electron chi connectivity index (χ1n) is 7.90. The molecule has 0 spiro atoms. The van der Waals surface area contributed by atoms with Crippen LogP contribution >= 0.6 is 0 Å². The molecule has 0 aliphatic heterocycles. The minimum atomic E-state index is 1.16. The average Bonchev–Trinajstić information content (AvgIpc) is 2.42. The van der Waals surface area contributed by atoms with Crippen molar-refractivity contribution in [1.82, 2.24) is 0 Å². The summed E-state index contributed by atoms with van der Waals surface area (Å²) < 4.78 is 2.30. The van der Waals surface area contributed by atoms with Gasteiger partial charge in [0.25, 0.3) is 0 Å². The van der Waals surface area contributed by atoms with Crippen LogP contribution in [-0.4, -0.2) is 14.1 Å². The SMILES string of the molecule is CCCCCCCCCC[n+]1ccc(N(C)C)cc1. The van der Waals surface area contributed by atoms with E-state index in [-0.39, 0.29) is 0 Å². The van der Waals surface area contributed by atoms with E-state index in [4.69, 9.17) is 0 Å². The summed E-state index contributed by atoms with van der Waals surface area (Å²) in [5.74, 6) is 0. The van der Waals surface area contributed by atoms with Gasteiger partial charge in [-0.2, -0.15) is 0 Å². The first-order valence-corrected chi connectivity index (χ1v) is 7.90. The van der Waals surface area contributed by atoms with Crippen molar-refractivity contribution in [3.05, 3.63) is 24.5 Å². The van der Waals surface area contributed by atoms with Crippen molar-refractivity contribution in [2.24, 2.45) is 0 Å². The first kappa shape index (κ1) is 16.0. The number of hydrogen-bond donors (Lipinski definition) is 0. The highest BCUT2D eigenvalue weighted by Gasteiger charge is 2.01. The molecule has 0 fully saturated rings. The van der Waals surface area contributed by atoms with E-state index in [0.717, 1.165) is 6.54 Å². The maximum Gasteiger partial charge on any atom is 0.170 e. The predicted octanol–water partition coefficient (Wildman–Crippen LogP) is 4.18. The van der Waals surface area contributed by atoms with E-state index in [1.165, 1.54) is 57.1 Å². The molecule has 0 atom stereocenters. The van der Waals surface area contributed by atoms with E-state index >= 15 is 0 Å². The molecule has 0 radical (unpaired) electrons. The standard InChI is InChI=1S/C17H31N2/c1-4-5-6-7-8-9-10-11-14-19-15-12-17(13-16-19)18(2)3/h12-13,15-16H,4-11,14H2,1-3H3/q+1. The van der Waals surface area contributed by atoms with Crippen molar-refractivity contribution in [2.45, 2.75) is 64.8 Å². The molecule has 1 aromatic heterocycles. The zero-order valence-corrected chi connectivity index (χ0v) is 13.1. The van der Waals surface area contributed by atoms with Crippen molar-refractivity contribution in [2.75, 3.05) is 19.0 Å². The molecule has 1 aromatic rings. The van der Waals surface area contributed by atoms with Crippen LogP contribution in [0.4, 0.5) is 5.69 Å². The fourth-order valence-electron chi connectivity index (χ4n) is 2.32. The smallest absolute Gasteiger partial charge is 0.170 e. The molecule has 0 aliphatic rings. The number of hydrogen-bond acceptors (Lipinski definition) is 1. The highest BCUT2D eigenvalue weighted by molar-refractivity contribution is 5.41. The van der Waals surface area contributed by atoms with Gasteiger partial charge in [0.05, 0.1) is 0 Å². The molecule has 0 bridgehead atoms. The Morgan fingerprint density at radius 1 is 0.842 bits per heavy atom. The average molecular weight is 263 g/mol. The van der Waals surface area contributed by atoms with E-state index in [1.807, 2.05) is 0 Å². The Morgan fingerprint density at radius 3 is 1.89 bits per heavy atom. The Labute approximate surface area is 119 Å². The van der Waals surface area contributed by atoms with E-state index in [0.29, 0.717) is 0 Å².